The molecule has 2 fully saturated rings. The summed E-state index contributed by atoms with van der Waals surface area (Å²) >= 11 is 1.89. The highest BCUT2D eigenvalue weighted by Crippen LogP contribution is 2.20. The van der Waals surface area contributed by atoms with Crippen LogP contribution in [-0.4, -0.2) is 87.2 Å². The molecule has 2 atom stereocenters. The summed E-state index contributed by atoms with van der Waals surface area (Å²) in [7, 11) is 0. The van der Waals surface area contributed by atoms with E-state index < -0.39 is 0 Å². The van der Waals surface area contributed by atoms with Gasteiger partial charge in [-0.05, 0) is 77.7 Å². The Morgan fingerprint density at radius 2 is 1.26 bits per heavy atom. The van der Waals surface area contributed by atoms with E-state index in [-0.39, 0.29) is 17.8 Å². The number of carbonyl (C=O) groups excluding carboxylic acids is 3. The van der Waals surface area contributed by atoms with E-state index in [4.69, 9.17) is 5.73 Å². The lowest BCUT2D eigenvalue weighted by Gasteiger charge is -2.07. The van der Waals surface area contributed by atoms with Gasteiger partial charge in [0, 0.05) is 37.4 Å². The summed E-state index contributed by atoms with van der Waals surface area (Å²) in [4.78, 5) is 33.7. The van der Waals surface area contributed by atoms with E-state index in [0.29, 0.717) is 24.9 Å². The molecular formula is C27H57N7O3S. The summed E-state index contributed by atoms with van der Waals surface area (Å²) in [6.07, 6.45) is 9.21. The number of unbranched alkanes of at least 4 members (excludes halogenated alkanes) is 3. The highest BCUT2D eigenvalue weighted by molar-refractivity contribution is 7.99. The summed E-state index contributed by atoms with van der Waals surface area (Å²) < 4.78 is 0. The maximum Gasteiger partial charge on any atom is 0.315 e. The largest absolute Gasteiger partial charge is 0.356 e. The van der Waals surface area contributed by atoms with Crippen molar-refractivity contribution in [2.45, 2.75) is 97.1 Å². The number of nitrogens with one attached hydrogen (secondary N) is 6. The molecule has 0 aliphatic carbocycles. The minimum absolute atomic E-state index is 0.00491. The van der Waals surface area contributed by atoms with Gasteiger partial charge in [-0.1, -0.05) is 27.2 Å². The van der Waals surface area contributed by atoms with Gasteiger partial charge in [-0.2, -0.15) is 11.8 Å². The molecule has 2 aliphatic rings. The highest BCUT2D eigenvalue weighted by Gasteiger charge is 2.35. The zero-order chi connectivity index (χ0) is 28.3. The van der Waals surface area contributed by atoms with Crippen molar-refractivity contribution in [1.29, 1.82) is 0 Å². The van der Waals surface area contributed by atoms with E-state index in [1.165, 1.54) is 12.8 Å². The second-order valence-corrected chi connectivity index (χ2v) is 10.4. The van der Waals surface area contributed by atoms with Crippen molar-refractivity contribution < 1.29 is 14.4 Å². The Bertz CT molecular complexity index is 585. The zero-order valence-electron chi connectivity index (χ0n) is 24.3. The van der Waals surface area contributed by atoms with E-state index in [2.05, 4.69) is 31.9 Å². The quantitative estimate of drug-likeness (QED) is 0.0892. The first-order valence-electron chi connectivity index (χ1n) is 14.9. The van der Waals surface area contributed by atoms with Gasteiger partial charge in [-0.3, -0.25) is 9.59 Å². The monoisotopic (exact) mass is 559 g/mol. The Hall–Kier alpha value is -1.56. The zero-order valence-corrected chi connectivity index (χ0v) is 25.1. The van der Waals surface area contributed by atoms with Gasteiger partial charge in [-0.15, -0.1) is 0 Å². The molecule has 10 nitrogen and oxygen atoms in total. The number of rotatable bonds is 20. The van der Waals surface area contributed by atoms with Crippen LogP contribution in [0.4, 0.5) is 4.79 Å². The van der Waals surface area contributed by atoms with Crippen LogP contribution in [0.1, 0.15) is 85.0 Å². The van der Waals surface area contributed by atoms with Gasteiger partial charge in [0.15, 0.2) is 0 Å². The summed E-state index contributed by atoms with van der Waals surface area (Å²) in [6, 6.07) is 0.815. The van der Waals surface area contributed by atoms with Crippen LogP contribution in [0.2, 0.25) is 0 Å². The summed E-state index contributed by atoms with van der Waals surface area (Å²) in [5.74, 6) is 2.41. The lowest BCUT2D eigenvalue weighted by Crippen LogP contribution is -2.31. The number of amides is 4. The minimum atomic E-state index is 0.00491. The molecule has 0 aromatic rings. The summed E-state index contributed by atoms with van der Waals surface area (Å²) in [5, 5.41) is 18.3. The second kappa shape index (κ2) is 27.0. The number of nitrogens with two attached hydrogens (primary N) is 1. The molecule has 0 spiro atoms. The third-order valence-electron chi connectivity index (χ3n) is 5.96. The number of hydrogen-bond donors (Lipinski definition) is 7. The molecule has 0 aromatic carbocycles. The molecular weight excluding hydrogens is 502 g/mol. The smallest absolute Gasteiger partial charge is 0.315 e. The Kier molecular flexibility index (Phi) is 25.9. The molecule has 8 N–H and O–H groups in total. The number of thioether (sulfide) groups is 1. The lowest BCUT2D eigenvalue weighted by molar-refractivity contribution is -0.122. The fourth-order valence-corrected chi connectivity index (χ4v) is 5.13. The van der Waals surface area contributed by atoms with Crippen LogP contribution in [0.25, 0.3) is 0 Å². The molecule has 2 unspecified atom stereocenters. The van der Waals surface area contributed by atoms with Crippen molar-refractivity contribution >= 4 is 29.6 Å². The van der Waals surface area contributed by atoms with Crippen molar-refractivity contribution in [3.8, 4) is 0 Å². The fourth-order valence-electron chi connectivity index (χ4n) is 3.85. The van der Waals surface area contributed by atoms with Gasteiger partial charge in [0.05, 0.1) is 12.1 Å². The molecule has 11 heteroatoms. The topological polar surface area (TPSA) is 149 Å². The van der Waals surface area contributed by atoms with Gasteiger partial charge >= 0.3 is 6.03 Å². The SMILES string of the molecule is CC.CCCC(=O)NCCCCCC(=O)NCCCNCCCCNCCCN.O=C1NC2CSCC2N1. The van der Waals surface area contributed by atoms with E-state index in [9.17, 15) is 14.4 Å². The van der Waals surface area contributed by atoms with Crippen molar-refractivity contribution in [1.82, 2.24) is 31.9 Å². The molecule has 4 amide bonds. The molecule has 2 saturated heterocycles. The third-order valence-corrected chi connectivity index (χ3v) is 7.15. The van der Waals surface area contributed by atoms with Crippen molar-refractivity contribution in [3.63, 3.8) is 0 Å². The fraction of sp³-hybridized carbons (Fsp3) is 0.889. The van der Waals surface area contributed by atoms with Crippen LogP contribution < -0.4 is 37.6 Å². The van der Waals surface area contributed by atoms with Gasteiger partial charge in [0.25, 0.3) is 0 Å². The maximum absolute atomic E-state index is 11.7. The molecule has 2 aliphatic heterocycles. The van der Waals surface area contributed by atoms with Crippen LogP contribution in [0.3, 0.4) is 0 Å². The van der Waals surface area contributed by atoms with Gasteiger partial charge < -0.3 is 37.6 Å². The Morgan fingerprint density at radius 1 is 0.763 bits per heavy atom. The molecule has 224 valence electrons. The lowest BCUT2D eigenvalue weighted by atomic mass is 10.2. The van der Waals surface area contributed by atoms with Crippen molar-refractivity contribution in [3.05, 3.63) is 0 Å². The van der Waals surface area contributed by atoms with Crippen LogP contribution in [0, 0.1) is 0 Å². The predicted molar refractivity (Wildman–Crippen MR) is 161 cm³/mol. The first-order valence-corrected chi connectivity index (χ1v) is 16.0. The number of fused-ring (bicyclic) bond motifs is 1. The van der Waals surface area contributed by atoms with Crippen molar-refractivity contribution in [2.75, 3.05) is 57.3 Å². The van der Waals surface area contributed by atoms with Gasteiger partial charge in [0.2, 0.25) is 11.8 Å². The molecule has 2 rings (SSSR count). The van der Waals surface area contributed by atoms with Crippen LogP contribution in [-0.2, 0) is 9.59 Å². The molecule has 0 radical (unpaired) electrons. The normalized spacial score (nSPS) is 17.2. The number of hydrogen-bond acceptors (Lipinski definition) is 7. The van der Waals surface area contributed by atoms with E-state index >= 15 is 0 Å². The molecule has 0 saturated carbocycles. The van der Waals surface area contributed by atoms with E-state index in [1.54, 1.807) is 0 Å². The third kappa shape index (κ3) is 21.4. The second-order valence-electron chi connectivity index (χ2n) is 9.33. The Balaban J connectivity index is 0.00000101. The van der Waals surface area contributed by atoms with E-state index in [1.807, 2.05) is 32.5 Å². The predicted octanol–water partition coefficient (Wildman–Crippen LogP) is 2.09. The molecule has 0 aromatic heterocycles. The molecule has 2 heterocycles. The van der Waals surface area contributed by atoms with Crippen molar-refractivity contribution in [2.24, 2.45) is 5.73 Å². The average Bonchev–Trinajstić information content (AvgIpc) is 3.49. The Labute approximate surface area is 235 Å². The van der Waals surface area contributed by atoms with Gasteiger partial charge in [-0.25, -0.2) is 4.79 Å². The van der Waals surface area contributed by atoms with Gasteiger partial charge in [0.1, 0.15) is 0 Å². The van der Waals surface area contributed by atoms with E-state index in [0.717, 1.165) is 95.8 Å². The first-order chi connectivity index (χ1) is 18.6. The molecule has 0 bridgehead atoms. The summed E-state index contributed by atoms with van der Waals surface area (Å²) in [5.41, 5.74) is 5.44. The first kappa shape index (κ1) is 36.4. The Morgan fingerprint density at radius 3 is 1.84 bits per heavy atom. The molecule has 38 heavy (non-hydrogen) atoms. The maximum atomic E-state index is 11.7. The summed E-state index contributed by atoms with van der Waals surface area (Å²) in [6.45, 7) is 12.3. The number of carbonyl (C=O) groups is 3. The number of urea groups is 1. The highest BCUT2D eigenvalue weighted by atomic mass is 32.2. The van der Waals surface area contributed by atoms with Crippen LogP contribution in [0.15, 0.2) is 0 Å². The minimum Gasteiger partial charge on any atom is -0.356 e. The standard InChI is InChI=1S/C20H43N5O2.C5H8N2OS.C2H6/c1-2-10-19(26)24-17-5-3-4-11-20(27)25-18-9-16-23-14-7-6-13-22-15-8-12-21;8-5-6-3-1-9-2-4(3)7-5;1-2/h22-23H,2-18,21H2,1H3,(H,24,26)(H,25,27);3-4H,1-2H2,(H2,6,7,8);1-2H3. The van der Waals surface area contributed by atoms with Crippen LogP contribution >= 0.6 is 11.8 Å². The van der Waals surface area contributed by atoms with Crippen LogP contribution in [0.5, 0.6) is 0 Å². The average molecular weight is 560 g/mol.